The molecule has 0 atom stereocenters. The average Bonchev–Trinajstić information content (AvgIpc) is 3.27. The van der Waals surface area contributed by atoms with Gasteiger partial charge < -0.3 is 14.7 Å². The summed E-state index contributed by atoms with van der Waals surface area (Å²) in [6.45, 7) is 2.34. The Balaban J connectivity index is 1.88. The van der Waals surface area contributed by atoms with Gasteiger partial charge in [0.05, 0.1) is 18.5 Å². The zero-order chi connectivity index (χ0) is 16.5. The summed E-state index contributed by atoms with van der Waals surface area (Å²) in [5.41, 5.74) is 1.78. The van der Waals surface area contributed by atoms with Crippen molar-refractivity contribution in [3.63, 3.8) is 0 Å². The van der Waals surface area contributed by atoms with E-state index in [2.05, 4.69) is 40.6 Å². The van der Waals surface area contributed by atoms with E-state index in [0.717, 1.165) is 5.56 Å². The molecule has 120 valence electrons. The first-order valence-electron chi connectivity index (χ1n) is 7.21. The Bertz CT molecular complexity index is 1050. The fourth-order valence-electron chi connectivity index (χ4n) is 2.39. The van der Waals surface area contributed by atoms with E-state index in [4.69, 9.17) is 4.74 Å². The van der Waals surface area contributed by atoms with E-state index in [1.54, 1.807) is 12.1 Å². The number of rotatable bonds is 4. The minimum Gasteiger partial charge on any atom is -0.493 e. The monoisotopic (exact) mass is 324 g/mol. The van der Waals surface area contributed by atoms with Crippen molar-refractivity contribution in [2.24, 2.45) is 0 Å². The van der Waals surface area contributed by atoms with Gasteiger partial charge in [0, 0.05) is 5.56 Å². The molecule has 10 heteroatoms. The van der Waals surface area contributed by atoms with E-state index < -0.39 is 0 Å². The summed E-state index contributed by atoms with van der Waals surface area (Å²) in [5.74, 6) is 1.48. The van der Waals surface area contributed by atoms with Gasteiger partial charge in [0.15, 0.2) is 17.0 Å². The third-order valence-corrected chi connectivity index (χ3v) is 3.45. The van der Waals surface area contributed by atoms with Crippen molar-refractivity contribution in [3.8, 4) is 28.5 Å². The number of imidazole rings is 1. The topological polar surface area (TPSA) is 138 Å². The van der Waals surface area contributed by atoms with Crippen LogP contribution in [0.5, 0.6) is 5.75 Å². The van der Waals surface area contributed by atoms with Gasteiger partial charge in [-0.2, -0.15) is 0 Å². The molecule has 0 fully saturated rings. The van der Waals surface area contributed by atoms with Gasteiger partial charge in [0.25, 0.3) is 5.56 Å². The van der Waals surface area contributed by atoms with E-state index in [9.17, 15) is 4.79 Å². The molecular weight excluding hydrogens is 312 g/mol. The normalized spacial score (nSPS) is 11.0. The SMILES string of the molecule is CCOc1cc(-c2nnn[nH]2)ccc1-c1nc2[nH]cnc2c(=O)[nH]1. The second kappa shape index (κ2) is 5.57. The molecule has 0 amide bonds. The van der Waals surface area contributed by atoms with E-state index in [-0.39, 0.29) is 11.1 Å². The lowest BCUT2D eigenvalue weighted by molar-refractivity contribution is 0.341. The van der Waals surface area contributed by atoms with E-state index in [0.29, 0.717) is 35.2 Å². The van der Waals surface area contributed by atoms with Crippen molar-refractivity contribution in [2.75, 3.05) is 6.61 Å². The van der Waals surface area contributed by atoms with Crippen LogP contribution in [0, 0.1) is 0 Å². The first-order valence-corrected chi connectivity index (χ1v) is 7.21. The molecule has 10 nitrogen and oxygen atoms in total. The predicted molar refractivity (Wildman–Crippen MR) is 84.3 cm³/mol. The zero-order valence-corrected chi connectivity index (χ0v) is 12.6. The molecule has 0 spiro atoms. The smallest absolute Gasteiger partial charge is 0.279 e. The summed E-state index contributed by atoms with van der Waals surface area (Å²) in [4.78, 5) is 26.0. The second-order valence-corrected chi connectivity index (χ2v) is 4.91. The summed E-state index contributed by atoms with van der Waals surface area (Å²) >= 11 is 0. The summed E-state index contributed by atoms with van der Waals surface area (Å²) in [5, 5.41) is 13.7. The van der Waals surface area contributed by atoms with Gasteiger partial charge in [-0.3, -0.25) is 4.79 Å². The molecule has 3 N–H and O–H groups in total. The summed E-state index contributed by atoms with van der Waals surface area (Å²) in [6.07, 6.45) is 1.43. The van der Waals surface area contributed by atoms with Gasteiger partial charge in [-0.1, -0.05) is 6.07 Å². The lowest BCUT2D eigenvalue weighted by Crippen LogP contribution is -2.10. The van der Waals surface area contributed by atoms with Gasteiger partial charge in [0.2, 0.25) is 0 Å². The average molecular weight is 324 g/mol. The Kier molecular flexibility index (Phi) is 3.26. The highest BCUT2D eigenvalue weighted by molar-refractivity contribution is 5.75. The number of hydrogen-bond acceptors (Lipinski definition) is 7. The van der Waals surface area contributed by atoms with E-state index >= 15 is 0 Å². The summed E-state index contributed by atoms with van der Waals surface area (Å²) in [7, 11) is 0. The highest BCUT2D eigenvalue weighted by Gasteiger charge is 2.14. The van der Waals surface area contributed by atoms with Crippen LogP contribution >= 0.6 is 0 Å². The van der Waals surface area contributed by atoms with E-state index in [1.165, 1.54) is 6.33 Å². The minimum atomic E-state index is -0.317. The van der Waals surface area contributed by atoms with Crippen LogP contribution in [0.1, 0.15) is 6.92 Å². The van der Waals surface area contributed by atoms with Crippen LogP contribution in [0.3, 0.4) is 0 Å². The quantitative estimate of drug-likeness (QED) is 0.506. The molecule has 0 saturated carbocycles. The molecule has 0 aliphatic rings. The molecule has 0 bridgehead atoms. The summed E-state index contributed by atoms with van der Waals surface area (Å²) in [6, 6.07) is 5.40. The van der Waals surface area contributed by atoms with Crippen molar-refractivity contribution < 1.29 is 4.74 Å². The molecule has 3 heterocycles. The Morgan fingerprint density at radius 3 is 2.96 bits per heavy atom. The molecular formula is C14H12N8O2. The van der Waals surface area contributed by atoms with Crippen molar-refractivity contribution in [3.05, 3.63) is 34.9 Å². The number of aromatic nitrogens is 8. The third kappa shape index (κ3) is 2.29. The lowest BCUT2D eigenvalue weighted by Gasteiger charge is -2.10. The largest absolute Gasteiger partial charge is 0.493 e. The number of nitrogens with one attached hydrogen (secondary N) is 3. The lowest BCUT2D eigenvalue weighted by atomic mass is 10.1. The number of aromatic amines is 3. The number of fused-ring (bicyclic) bond motifs is 1. The zero-order valence-electron chi connectivity index (χ0n) is 12.6. The molecule has 0 unspecified atom stereocenters. The first kappa shape index (κ1) is 14.1. The van der Waals surface area contributed by atoms with Crippen LogP contribution in [0.2, 0.25) is 0 Å². The van der Waals surface area contributed by atoms with Crippen molar-refractivity contribution in [1.82, 2.24) is 40.6 Å². The predicted octanol–water partition coefficient (Wildman–Crippen LogP) is 0.892. The highest BCUT2D eigenvalue weighted by atomic mass is 16.5. The summed E-state index contributed by atoms with van der Waals surface area (Å²) < 4.78 is 5.69. The first-order chi connectivity index (χ1) is 11.8. The third-order valence-electron chi connectivity index (χ3n) is 3.45. The maximum atomic E-state index is 12.1. The number of benzene rings is 1. The second-order valence-electron chi connectivity index (χ2n) is 4.91. The van der Waals surface area contributed by atoms with Gasteiger partial charge >= 0.3 is 0 Å². The van der Waals surface area contributed by atoms with Crippen molar-refractivity contribution in [2.45, 2.75) is 6.92 Å². The fourth-order valence-corrected chi connectivity index (χ4v) is 2.39. The van der Waals surface area contributed by atoms with Crippen LogP contribution in [-0.4, -0.2) is 47.2 Å². The van der Waals surface area contributed by atoms with E-state index in [1.807, 2.05) is 13.0 Å². The van der Waals surface area contributed by atoms with Gasteiger partial charge in [0.1, 0.15) is 11.6 Å². The van der Waals surface area contributed by atoms with Gasteiger partial charge in [-0.25, -0.2) is 15.1 Å². The molecule has 0 aliphatic heterocycles. The van der Waals surface area contributed by atoms with Crippen LogP contribution in [-0.2, 0) is 0 Å². The Morgan fingerprint density at radius 2 is 2.17 bits per heavy atom. The molecule has 0 aliphatic carbocycles. The Labute approximate surface area is 134 Å². The standard InChI is InChI=1S/C14H12N8O2/c1-2-24-9-5-7(11-19-21-22-20-11)3-4-8(9)12-17-13-10(14(23)18-12)15-6-16-13/h3-6H,2H2,1H3,(H,19,20,21,22)(H2,15,16,17,18,23). The molecule has 24 heavy (non-hydrogen) atoms. The molecule has 3 aromatic heterocycles. The number of hydrogen-bond donors (Lipinski definition) is 3. The molecule has 0 saturated heterocycles. The van der Waals surface area contributed by atoms with Crippen LogP contribution in [0.4, 0.5) is 0 Å². The highest BCUT2D eigenvalue weighted by Crippen LogP contribution is 2.31. The number of nitrogens with zero attached hydrogens (tertiary/aromatic N) is 5. The number of H-pyrrole nitrogens is 3. The van der Waals surface area contributed by atoms with Crippen LogP contribution in [0.25, 0.3) is 33.9 Å². The maximum absolute atomic E-state index is 12.1. The maximum Gasteiger partial charge on any atom is 0.279 e. The molecule has 0 radical (unpaired) electrons. The number of tetrazole rings is 1. The molecule has 1 aromatic carbocycles. The number of ether oxygens (including phenoxy) is 1. The Hall–Kier alpha value is -3.56. The van der Waals surface area contributed by atoms with Crippen LogP contribution < -0.4 is 10.3 Å². The molecule has 4 rings (SSSR count). The van der Waals surface area contributed by atoms with Gasteiger partial charge in [-0.15, -0.1) is 5.10 Å². The van der Waals surface area contributed by atoms with Gasteiger partial charge in [-0.05, 0) is 29.5 Å². The molecule has 4 aromatic rings. The minimum absolute atomic E-state index is 0.265. The van der Waals surface area contributed by atoms with Crippen molar-refractivity contribution >= 4 is 11.2 Å². The van der Waals surface area contributed by atoms with Crippen LogP contribution in [0.15, 0.2) is 29.3 Å². The van der Waals surface area contributed by atoms with Crippen molar-refractivity contribution in [1.29, 1.82) is 0 Å². The Morgan fingerprint density at radius 1 is 1.25 bits per heavy atom. The fraction of sp³-hybridized carbons (Fsp3) is 0.143.